The first-order chi connectivity index (χ1) is 14.5. The molecular weight excluding hydrogens is 394 g/mol. The summed E-state index contributed by atoms with van der Waals surface area (Å²) < 4.78 is 6.59. The highest BCUT2D eigenvalue weighted by Crippen LogP contribution is 2.31. The fourth-order valence-electron chi connectivity index (χ4n) is 4.02. The number of carbonyl (C=O) groups is 1. The topological polar surface area (TPSA) is 46.9 Å². The summed E-state index contributed by atoms with van der Waals surface area (Å²) >= 11 is 1.60. The molecular formula is C24H30N3O2S+. The minimum absolute atomic E-state index is 0.0419. The first kappa shape index (κ1) is 21.0. The van der Waals surface area contributed by atoms with Gasteiger partial charge in [-0.15, -0.1) is 0 Å². The molecule has 158 valence electrons. The number of fused-ring (bicyclic) bond motifs is 1. The number of rotatable bonds is 6. The minimum Gasteiger partial charge on any atom is -0.370 e. The van der Waals surface area contributed by atoms with Gasteiger partial charge >= 0.3 is 0 Å². The molecule has 1 aromatic heterocycles. The molecule has 1 aliphatic heterocycles. The number of thiazole rings is 1. The molecule has 5 nitrogen and oxygen atoms in total. The molecule has 1 aliphatic rings. The summed E-state index contributed by atoms with van der Waals surface area (Å²) in [4.78, 5) is 21.8. The lowest BCUT2D eigenvalue weighted by atomic mass is 10.0. The van der Waals surface area contributed by atoms with Crippen molar-refractivity contribution in [2.45, 2.75) is 27.2 Å². The van der Waals surface area contributed by atoms with Crippen LogP contribution in [-0.4, -0.2) is 50.3 Å². The number of amides is 1. The molecule has 1 amide bonds. The van der Waals surface area contributed by atoms with Crippen LogP contribution >= 0.6 is 11.3 Å². The third-order valence-corrected chi connectivity index (χ3v) is 6.77. The van der Waals surface area contributed by atoms with Gasteiger partial charge in [-0.3, -0.25) is 9.69 Å². The fourth-order valence-corrected chi connectivity index (χ4v) is 5.10. The molecule has 3 aromatic rings. The molecule has 0 saturated carbocycles. The average Bonchev–Trinajstić information content (AvgIpc) is 3.14. The van der Waals surface area contributed by atoms with Crippen LogP contribution < -0.4 is 9.80 Å². The number of morpholine rings is 1. The standard InChI is InChI=1S/C24H29N3O2S/c1-17-5-7-20(19(3)15-17)23(28)27(10-4-9-26-11-13-29-14-12-26)24-25-21-8-6-18(2)16-22(21)30-24/h5-8,15-16H,4,9-14H2,1-3H3/p+1. The molecule has 0 unspecified atom stereocenters. The van der Waals surface area contributed by atoms with Crippen molar-refractivity contribution in [2.75, 3.05) is 44.3 Å². The number of ether oxygens (including phenoxy) is 1. The van der Waals surface area contributed by atoms with Crippen LogP contribution in [0.5, 0.6) is 0 Å². The quantitative estimate of drug-likeness (QED) is 0.661. The number of carbonyl (C=O) groups excluding carboxylic acids is 1. The zero-order valence-electron chi connectivity index (χ0n) is 18.0. The van der Waals surface area contributed by atoms with Crippen LogP contribution in [0.15, 0.2) is 36.4 Å². The lowest BCUT2D eigenvalue weighted by Gasteiger charge is -2.25. The van der Waals surface area contributed by atoms with Crippen LogP contribution in [0.4, 0.5) is 5.13 Å². The molecule has 0 bridgehead atoms. The first-order valence-electron chi connectivity index (χ1n) is 10.7. The molecule has 0 atom stereocenters. The van der Waals surface area contributed by atoms with E-state index < -0.39 is 0 Å². The SMILES string of the molecule is Cc1ccc(C(=O)N(CCC[NH+]2CCOCC2)c2nc3ccc(C)cc3s2)c(C)c1. The number of aromatic nitrogens is 1. The molecule has 1 fully saturated rings. The largest absolute Gasteiger partial charge is 0.370 e. The Morgan fingerprint density at radius 3 is 2.60 bits per heavy atom. The second-order valence-electron chi connectivity index (χ2n) is 8.21. The first-order valence-corrected chi connectivity index (χ1v) is 11.5. The third-order valence-electron chi connectivity index (χ3n) is 5.73. The van der Waals surface area contributed by atoms with Crippen molar-refractivity contribution in [3.05, 3.63) is 58.7 Å². The maximum absolute atomic E-state index is 13.6. The zero-order valence-corrected chi connectivity index (χ0v) is 18.8. The Hall–Kier alpha value is -2.28. The van der Waals surface area contributed by atoms with Crippen molar-refractivity contribution in [2.24, 2.45) is 0 Å². The number of anilines is 1. The second-order valence-corrected chi connectivity index (χ2v) is 9.22. The maximum atomic E-state index is 13.6. The number of hydrogen-bond donors (Lipinski definition) is 1. The molecule has 2 heterocycles. The van der Waals surface area contributed by atoms with Gasteiger partial charge in [0.2, 0.25) is 0 Å². The molecule has 1 N–H and O–H groups in total. The monoisotopic (exact) mass is 424 g/mol. The van der Waals surface area contributed by atoms with Gasteiger partial charge in [0.25, 0.3) is 5.91 Å². The number of aryl methyl sites for hydroxylation is 3. The highest BCUT2D eigenvalue weighted by atomic mass is 32.1. The van der Waals surface area contributed by atoms with Crippen LogP contribution in [0.1, 0.15) is 33.5 Å². The molecule has 1 saturated heterocycles. The van der Waals surface area contributed by atoms with Crippen molar-refractivity contribution in [1.82, 2.24) is 4.98 Å². The van der Waals surface area contributed by atoms with Crippen molar-refractivity contribution >= 4 is 32.6 Å². The van der Waals surface area contributed by atoms with Crippen molar-refractivity contribution < 1.29 is 14.4 Å². The van der Waals surface area contributed by atoms with Crippen LogP contribution in [0.2, 0.25) is 0 Å². The summed E-state index contributed by atoms with van der Waals surface area (Å²) in [5.41, 5.74) is 5.11. The van der Waals surface area contributed by atoms with Crippen LogP contribution in [-0.2, 0) is 4.74 Å². The fraction of sp³-hybridized carbons (Fsp3) is 0.417. The van der Waals surface area contributed by atoms with Gasteiger partial charge in [-0.25, -0.2) is 4.98 Å². The Morgan fingerprint density at radius 2 is 1.83 bits per heavy atom. The average molecular weight is 425 g/mol. The van der Waals surface area contributed by atoms with Gasteiger partial charge in [0.15, 0.2) is 5.13 Å². The van der Waals surface area contributed by atoms with Crippen molar-refractivity contribution in [3.63, 3.8) is 0 Å². The predicted molar refractivity (Wildman–Crippen MR) is 123 cm³/mol. The van der Waals surface area contributed by atoms with Crippen molar-refractivity contribution in [3.8, 4) is 0 Å². The summed E-state index contributed by atoms with van der Waals surface area (Å²) in [5.74, 6) is 0.0419. The normalized spacial score (nSPS) is 14.9. The molecule has 4 rings (SSSR count). The van der Waals surface area contributed by atoms with E-state index in [1.165, 1.54) is 11.1 Å². The molecule has 0 aliphatic carbocycles. The summed E-state index contributed by atoms with van der Waals surface area (Å²) in [5, 5.41) is 0.789. The highest BCUT2D eigenvalue weighted by molar-refractivity contribution is 7.22. The van der Waals surface area contributed by atoms with E-state index in [4.69, 9.17) is 9.72 Å². The van der Waals surface area contributed by atoms with E-state index >= 15 is 0 Å². The number of quaternary nitrogens is 1. The Bertz CT molecular complexity index is 1040. The van der Waals surface area contributed by atoms with Gasteiger partial charge in [-0.1, -0.05) is 35.1 Å². The molecule has 30 heavy (non-hydrogen) atoms. The maximum Gasteiger partial charge on any atom is 0.260 e. The molecule has 0 radical (unpaired) electrons. The molecule has 0 spiro atoms. The van der Waals surface area contributed by atoms with E-state index in [0.717, 1.165) is 65.7 Å². The van der Waals surface area contributed by atoms with E-state index in [0.29, 0.717) is 6.54 Å². The predicted octanol–water partition coefficient (Wildman–Crippen LogP) is 3.17. The van der Waals surface area contributed by atoms with E-state index in [1.54, 1.807) is 16.2 Å². The van der Waals surface area contributed by atoms with E-state index in [1.807, 2.05) is 30.0 Å². The summed E-state index contributed by atoms with van der Waals surface area (Å²) in [7, 11) is 0. The van der Waals surface area contributed by atoms with Gasteiger partial charge in [0.05, 0.1) is 30.0 Å². The minimum atomic E-state index is 0.0419. The Balaban J connectivity index is 1.59. The number of nitrogens with zero attached hydrogens (tertiary/aromatic N) is 2. The van der Waals surface area contributed by atoms with Crippen LogP contribution in [0.3, 0.4) is 0 Å². The summed E-state index contributed by atoms with van der Waals surface area (Å²) in [6.45, 7) is 11.6. The summed E-state index contributed by atoms with van der Waals surface area (Å²) in [6.07, 6.45) is 0.945. The lowest BCUT2D eigenvalue weighted by Crippen LogP contribution is -3.14. The highest BCUT2D eigenvalue weighted by Gasteiger charge is 2.23. The van der Waals surface area contributed by atoms with E-state index in [-0.39, 0.29) is 5.91 Å². The Labute approximate surface area is 182 Å². The Kier molecular flexibility index (Phi) is 6.46. The van der Waals surface area contributed by atoms with Gasteiger partial charge in [-0.05, 0) is 50.1 Å². The summed E-state index contributed by atoms with van der Waals surface area (Å²) in [6, 6.07) is 12.3. The third kappa shape index (κ3) is 4.72. The smallest absolute Gasteiger partial charge is 0.260 e. The Morgan fingerprint density at radius 1 is 1.10 bits per heavy atom. The number of hydrogen-bond acceptors (Lipinski definition) is 4. The molecule has 2 aromatic carbocycles. The molecule has 6 heteroatoms. The van der Waals surface area contributed by atoms with Gasteiger partial charge in [0.1, 0.15) is 13.1 Å². The zero-order chi connectivity index (χ0) is 21.1. The number of nitrogens with one attached hydrogen (secondary N) is 1. The van der Waals surface area contributed by atoms with Gasteiger partial charge in [0, 0.05) is 18.5 Å². The lowest BCUT2D eigenvalue weighted by molar-refractivity contribution is -0.908. The van der Waals surface area contributed by atoms with Gasteiger partial charge < -0.3 is 9.64 Å². The van der Waals surface area contributed by atoms with Crippen molar-refractivity contribution in [1.29, 1.82) is 0 Å². The van der Waals surface area contributed by atoms with Crippen LogP contribution in [0.25, 0.3) is 10.2 Å². The van der Waals surface area contributed by atoms with E-state index in [9.17, 15) is 4.79 Å². The van der Waals surface area contributed by atoms with E-state index in [2.05, 4.69) is 32.0 Å². The second kappa shape index (κ2) is 9.25. The van der Waals surface area contributed by atoms with Crippen LogP contribution in [0, 0.1) is 20.8 Å². The van der Waals surface area contributed by atoms with Gasteiger partial charge in [-0.2, -0.15) is 0 Å². The number of benzene rings is 2.